The van der Waals surface area contributed by atoms with Crippen LogP contribution >= 0.6 is 0 Å². The van der Waals surface area contributed by atoms with E-state index in [0.717, 1.165) is 0 Å². The van der Waals surface area contributed by atoms with E-state index in [2.05, 4.69) is 6.79 Å². The first-order chi connectivity index (χ1) is 1.00. The number of hydrogen-bond acceptors (Lipinski definition) is 1. The van der Waals surface area contributed by atoms with Gasteiger partial charge in [0.2, 0.25) is 0 Å². The molecule has 5 heavy (non-hydrogen) atoms. The van der Waals surface area contributed by atoms with Crippen molar-refractivity contribution in [3.05, 3.63) is 0 Å². The summed E-state index contributed by atoms with van der Waals surface area (Å²) in [6.45, 7) is 3.25. The zero-order valence-electron chi connectivity index (χ0n) is 1.93. The first-order valence-corrected chi connectivity index (χ1v) is 0.236. The summed E-state index contributed by atoms with van der Waals surface area (Å²) in [6.07, 6.45) is 0. The maximum absolute atomic E-state index is 7.75. The molecule has 0 bridgehead atoms. The van der Waals surface area contributed by atoms with Crippen LogP contribution < -0.4 is 0 Å². The molecule has 0 aromatic rings. The van der Waals surface area contributed by atoms with Crippen LogP contribution in [-0.4, -0.2) is 6.79 Å². The Hall–Kier alpha value is 1.15. The van der Waals surface area contributed by atoms with Gasteiger partial charge in [-0.2, -0.15) is 0 Å². The van der Waals surface area contributed by atoms with E-state index < -0.39 is 0 Å². The fourth-order valence-electron chi connectivity index (χ4n) is 0. The molecule has 1 nitrogen and oxygen atoms in total. The van der Waals surface area contributed by atoms with E-state index in [1.165, 1.54) is 0 Å². The Balaban J connectivity index is -0.00000000167. The summed E-state index contributed by atoms with van der Waals surface area (Å²) in [4.78, 5) is 7.75. The Morgan fingerprint density at radius 3 is 0.800 bits per heavy atom. The predicted molar refractivity (Wildman–Crippen MR) is 6.75 cm³/mol. The van der Waals surface area contributed by atoms with Crippen LogP contribution in [0.2, 0.25) is 0 Å². The van der Waals surface area contributed by atoms with E-state index >= 15 is 0 Å². The SMILES string of the molecule is [CH-]=O.[Ni].[Ni].[Ni]. The van der Waals surface area contributed by atoms with Crippen molar-refractivity contribution in [1.82, 2.24) is 0 Å². The molecule has 0 aromatic heterocycles. The number of carbonyl (C=O) groups excluding carboxylic acids is 1. The maximum Gasteiger partial charge on any atom is 0 e. The molecule has 0 fully saturated rings. The minimum atomic E-state index is 0. The van der Waals surface area contributed by atoms with Gasteiger partial charge < -0.3 is 4.79 Å². The van der Waals surface area contributed by atoms with Crippen molar-refractivity contribution in [2.45, 2.75) is 0 Å². The average molecular weight is 205 g/mol. The Morgan fingerprint density at radius 2 is 0.800 bits per heavy atom. The van der Waals surface area contributed by atoms with E-state index in [0.29, 0.717) is 0 Å². The fraction of sp³-hybridized carbons (Fsp3) is 0. The molecule has 0 aliphatic rings. The van der Waals surface area contributed by atoms with Gasteiger partial charge in [0.05, 0.1) is 0 Å². The van der Waals surface area contributed by atoms with Crippen LogP contribution in [0.5, 0.6) is 0 Å². The number of hydrogen-bond donors (Lipinski definition) is 0. The fourth-order valence-corrected chi connectivity index (χ4v) is 0. The molecular formula is CHNi3O-. The summed E-state index contributed by atoms with van der Waals surface area (Å²) in [5, 5.41) is 0. The van der Waals surface area contributed by atoms with Crippen molar-refractivity contribution in [1.29, 1.82) is 0 Å². The second-order valence-electron chi connectivity index (χ2n) is 0. The molecule has 42 valence electrons. The molecule has 0 atom stereocenters. The second-order valence-corrected chi connectivity index (χ2v) is 0. The van der Waals surface area contributed by atoms with Gasteiger partial charge in [-0.05, 0) is 0 Å². The third-order valence-electron chi connectivity index (χ3n) is 0. The molecule has 0 radical (unpaired) electrons. The van der Waals surface area contributed by atoms with E-state index in [9.17, 15) is 0 Å². The molecule has 0 amide bonds. The smallest absolute Gasteiger partial charge is 0 e. The third kappa shape index (κ3) is 38.6. The molecule has 0 rings (SSSR count). The second kappa shape index (κ2) is 67.0. The van der Waals surface area contributed by atoms with Crippen LogP contribution in [0.25, 0.3) is 0 Å². The van der Waals surface area contributed by atoms with Gasteiger partial charge >= 0.3 is 0 Å². The summed E-state index contributed by atoms with van der Waals surface area (Å²) < 4.78 is 0. The Bertz CT molecular complexity index is 6.85. The first kappa shape index (κ1) is 35.3. The standard InChI is InChI=1S/CHO.3Ni/c1-2;;;/h1H;;;/q-1;;;. The van der Waals surface area contributed by atoms with Crippen LogP contribution in [0.4, 0.5) is 0 Å². The van der Waals surface area contributed by atoms with Crippen molar-refractivity contribution in [3.8, 4) is 0 Å². The van der Waals surface area contributed by atoms with E-state index in [1.807, 2.05) is 0 Å². The minimum absolute atomic E-state index is 0. The zero-order valence-corrected chi connectivity index (χ0v) is 4.90. The molecule has 4 heteroatoms. The average Bonchev–Trinajstić information content (AvgIpc) is 1.00. The van der Waals surface area contributed by atoms with Gasteiger partial charge in [-0.15, -0.1) is 0 Å². The quantitative estimate of drug-likeness (QED) is 0.302. The molecule has 0 aliphatic heterocycles. The maximum atomic E-state index is 7.75. The van der Waals surface area contributed by atoms with Crippen molar-refractivity contribution in [2.75, 3.05) is 0 Å². The summed E-state index contributed by atoms with van der Waals surface area (Å²) in [7, 11) is 0. The topological polar surface area (TPSA) is 17.1 Å². The number of rotatable bonds is 0. The summed E-state index contributed by atoms with van der Waals surface area (Å²) >= 11 is 0. The van der Waals surface area contributed by atoms with Gasteiger partial charge in [-0.25, -0.2) is 0 Å². The van der Waals surface area contributed by atoms with Gasteiger partial charge in [0.25, 0.3) is 0 Å². The van der Waals surface area contributed by atoms with Crippen LogP contribution in [0, 0.1) is 0 Å². The van der Waals surface area contributed by atoms with E-state index in [4.69, 9.17) is 4.79 Å². The molecular weight excluding hydrogens is 204 g/mol. The zero-order chi connectivity index (χ0) is 2.00. The molecule has 0 saturated heterocycles. The Labute approximate surface area is 61.0 Å². The van der Waals surface area contributed by atoms with Crippen molar-refractivity contribution in [3.63, 3.8) is 0 Å². The van der Waals surface area contributed by atoms with Gasteiger partial charge in [-0.3, -0.25) is 6.79 Å². The summed E-state index contributed by atoms with van der Waals surface area (Å²) in [5.74, 6) is 0. The van der Waals surface area contributed by atoms with E-state index in [1.54, 1.807) is 0 Å². The van der Waals surface area contributed by atoms with Crippen LogP contribution in [0.3, 0.4) is 0 Å². The van der Waals surface area contributed by atoms with E-state index in [-0.39, 0.29) is 49.5 Å². The molecule has 0 aromatic carbocycles. The predicted octanol–water partition coefficient (Wildman–Crippen LogP) is -0.282. The van der Waals surface area contributed by atoms with Crippen molar-refractivity contribution >= 4 is 6.79 Å². The van der Waals surface area contributed by atoms with Crippen molar-refractivity contribution in [2.24, 2.45) is 0 Å². The largest absolute Gasteiger partial charge is 0.545 e. The first-order valence-electron chi connectivity index (χ1n) is 0.236. The molecule has 0 heterocycles. The van der Waals surface area contributed by atoms with Crippen LogP contribution in [-0.2, 0) is 54.3 Å². The molecule has 0 unspecified atom stereocenters. The van der Waals surface area contributed by atoms with Crippen molar-refractivity contribution < 1.29 is 54.3 Å². The Kier molecular flexibility index (Phi) is 473. The summed E-state index contributed by atoms with van der Waals surface area (Å²) in [5.41, 5.74) is 0. The van der Waals surface area contributed by atoms with Gasteiger partial charge in [0, 0.05) is 49.5 Å². The molecule has 0 spiro atoms. The van der Waals surface area contributed by atoms with Gasteiger partial charge in [0.1, 0.15) is 0 Å². The third-order valence-corrected chi connectivity index (χ3v) is 0. The van der Waals surface area contributed by atoms with Gasteiger partial charge in [0.15, 0.2) is 0 Å². The summed E-state index contributed by atoms with van der Waals surface area (Å²) in [6, 6.07) is 0. The Morgan fingerprint density at radius 1 is 0.800 bits per heavy atom. The minimum Gasteiger partial charge on any atom is -0.545 e. The molecule has 0 N–H and O–H groups in total. The molecule has 0 aliphatic carbocycles. The normalized spacial score (nSPS) is 0.800. The van der Waals surface area contributed by atoms with Crippen LogP contribution in [0.15, 0.2) is 0 Å². The monoisotopic (exact) mass is 203 g/mol. The molecule has 0 saturated carbocycles. The van der Waals surface area contributed by atoms with Crippen LogP contribution in [0.1, 0.15) is 0 Å². The van der Waals surface area contributed by atoms with Gasteiger partial charge in [-0.1, -0.05) is 0 Å².